The van der Waals surface area contributed by atoms with Crippen molar-refractivity contribution in [2.24, 2.45) is 0 Å². The number of esters is 1. The molecule has 0 spiro atoms. The number of amides is 2. The molecule has 0 unspecified atom stereocenters. The lowest BCUT2D eigenvalue weighted by Crippen LogP contribution is -2.50. The number of fused-ring (bicyclic) bond motifs is 1. The predicted octanol–water partition coefficient (Wildman–Crippen LogP) is 3.78. The summed E-state index contributed by atoms with van der Waals surface area (Å²) in [6.45, 7) is 4.24. The van der Waals surface area contributed by atoms with Crippen molar-refractivity contribution < 1.29 is 23.8 Å². The fraction of sp³-hybridized carbons (Fsp3) is 0.333. The monoisotopic (exact) mass is 584 g/mol. The number of aromatic nitrogens is 4. The fourth-order valence-electron chi connectivity index (χ4n) is 4.90. The van der Waals surface area contributed by atoms with Gasteiger partial charge in [0.15, 0.2) is 11.5 Å². The zero-order valence-corrected chi connectivity index (χ0v) is 24.0. The smallest absolute Gasteiger partial charge is 0.341 e. The number of anilines is 2. The molecule has 4 aromatic rings. The highest BCUT2D eigenvalue weighted by Crippen LogP contribution is 2.38. The summed E-state index contributed by atoms with van der Waals surface area (Å²) in [6.07, 6.45) is 4.73. The van der Waals surface area contributed by atoms with E-state index in [2.05, 4.69) is 36.7 Å². The van der Waals surface area contributed by atoms with E-state index < -0.39 is 5.97 Å². The second kappa shape index (κ2) is 13.5. The number of H-pyrrole nitrogens is 1. The maximum atomic E-state index is 13.0. The van der Waals surface area contributed by atoms with Crippen LogP contribution in [0, 0.1) is 11.3 Å². The minimum absolute atomic E-state index is 0.226. The molecule has 3 heterocycles. The van der Waals surface area contributed by atoms with E-state index in [0.717, 1.165) is 18.5 Å². The Morgan fingerprint density at radius 3 is 2.58 bits per heavy atom. The number of rotatable bonds is 10. The number of carbonyl (C=O) groups is 2. The quantitative estimate of drug-likeness (QED) is 0.208. The molecular weight excluding hydrogens is 552 g/mol. The van der Waals surface area contributed by atoms with E-state index in [1.54, 1.807) is 49.4 Å². The van der Waals surface area contributed by atoms with Gasteiger partial charge in [-0.25, -0.2) is 9.59 Å². The highest BCUT2D eigenvalue weighted by Gasteiger charge is 2.27. The van der Waals surface area contributed by atoms with Crippen LogP contribution in [0.5, 0.6) is 11.5 Å². The summed E-state index contributed by atoms with van der Waals surface area (Å²) in [6, 6.07) is 12.2. The van der Waals surface area contributed by atoms with Crippen molar-refractivity contribution in [1.29, 1.82) is 5.26 Å². The van der Waals surface area contributed by atoms with E-state index in [4.69, 9.17) is 19.5 Å². The topological polar surface area (TPSA) is 159 Å². The van der Waals surface area contributed by atoms with E-state index in [0.29, 0.717) is 77.7 Å². The number of hydrogen-bond donors (Lipinski definition) is 2. The normalized spacial score (nSPS) is 13.0. The van der Waals surface area contributed by atoms with Crippen molar-refractivity contribution in [3.63, 3.8) is 0 Å². The fourth-order valence-corrected chi connectivity index (χ4v) is 4.90. The number of nitrogens with zero attached hydrogens (tertiary/aromatic N) is 6. The number of piperazine rings is 1. The summed E-state index contributed by atoms with van der Waals surface area (Å²) >= 11 is 0. The number of pyridine rings is 1. The van der Waals surface area contributed by atoms with Crippen LogP contribution in [0.2, 0.25) is 0 Å². The Kier molecular flexibility index (Phi) is 9.16. The van der Waals surface area contributed by atoms with Gasteiger partial charge >= 0.3 is 12.0 Å². The number of benzene rings is 2. The van der Waals surface area contributed by atoms with Gasteiger partial charge in [-0.15, -0.1) is 5.10 Å². The van der Waals surface area contributed by atoms with Crippen LogP contribution < -0.4 is 19.7 Å². The molecule has 5 rings (SSSR count). The first-order chi connectivity index (χ1) is 21.0. The van der Waals surface area contributed by atoms with Gasteiger partial charge in [-0.2, -0.15) is 5.26 Å². The second-order valence-corrected chi connectivity index (χ2v) is 9.77. The highest BCUT2D eigenvalue weighted by molar-refractivity contribution is 6.06. The third-order valence-corrected chi connectivity index (χ3v) is 7.07. The number of aromatic amines is 1. The molecular formula is C30H32N8O5. The van der Waals surface area contributed by atoms with E-state index >= 15 is 0 Å². The Hall–Kier alpha value is -5.38. The molecule has 1 saturated heterocycles. The zero-order valence-electron chi connectivity index (χ0n) is 24.0. The summed E-state index contributed by atoms with van der Waals surface area (Å²) < 4.78 is 17.1. The van der Waals surface area contributed by atoms with Crippen molar-refractivity contribution in [3.05, 3.63) is 65.6 Å². The minimum Gasteiger partial charge on any atom is -0.493 e. The zero-order chi connectivity index (χ0) is 30.2. The van der Waals surface area contributed by atoms with E-state index in [-0.39, 0.29) is 12.6 Å². The third kappa shape index (κ3) is 6.75. The van der Waals surface area contributed by atoms with Crippen LogP contribution in [-0.2, 0) is 11.2 Å². The Morgan fingerprint density at radius 2 is 1.91 bits per heavy atom. The van der Waals surface area contributed by atoms with E-state index in [1.807, 2.05) is 12.1 Å². The first kappa shape index (κ1) is 29.1. The molecule has 13 nitrogen and oxygen atoms in total. The summed E-state index contributed by atoms with van der Waals surface area (Å²) in [5.41, 5.74) is 3.64. The molecule has 1 aliphatic heterocycles. The molecule has 13 heteroatoms. The van der Waals surface area contributed by atoms with Gasteiger partial charge in [0, 0.05) is 55.7 Å². The van der Waals surface area contributed by atoms with Crippen molar-refractivity contribution in [2.75, 3.05) is 56.7 Å². The van der Waals surface area contributed by atoms with Gasteiger partial charge in [0.1, 0.15) is 5.56 Å². The first-order valence-electron chi connectivity index (χ1n) is 14.0. The lowest BCUT2D eigenvalue weighted by atomic mass is 10.1. The van der Waals surface area contributed by atoms with Crippen LogP contribution in [0.3, 0.4) is 0 Å². The van der Waals surface area contributed by atoms with Crippen LogP contribution in [0.25, 0.3) is 10.9 Å². The molecule has 0 aliphatic carbocycles. The molecule has 0 bridgehead atoms. The van der Waals surface area contributed by atoms with Gasteiger partial charge in [0.25, 0.3) is 0 Å². The maximum Gasteiger partial charge on any atom is 0.341 e. The number of carbonyl (C=O) groups excluding carboxylic acids is 2. The van der Waals surface area contributed by atoms with Crippen LogP contribution in [0.1, 0.15) is 35.0 Å². The van der Waals surface area contributed by atoms with Crippen LogP contribution in [-0.4, -0.2) is 83.8 Å². The molecule has 1 fully saturated rings. The second-order valence-electron chi connectivity index (χ2n) is 9.77. The van der Waals surface area contributed by atoms with E-state index in [1.165, 1.54) is 6.20 Å². The number of ether oxygens (including phenoxy) is 3. The van der Waals surface area contributed by atoms with Gasteiger partial charge in [-0.1, -0.05) is 5.21 Å². The molecule has 2 aromatic carbocycles. The number of hydrogen-bond acceptors (Lipinski definition) is 10. The number of aryl methyl sites for hydroxylation is 1. The average Bonchev–Trinajstić information content (AvgIpc) is 3.56. The van der Waals surface area contributed by atoms with Gasteiger partial charge in [-0.3, -0.25) is 10.1 Å². The molecule has 43 heavy (non-hydrogen) atoms. The van der Waals surface area contributed by atoms with Crippen LogP contribution >= 0.6 is 0 Å². The molecule has 0 saturated carbocycles. The third-order valence-electron chi connectivity index (χ3n) is 7.07. The summed E-state index contributed by atoms with van der Waals surface area (Å²) in [7, 11) is 1.57. The lowest BCUT2D eigenvalue weighted by molar-refractivity contribution is 0.0526. The largest absolute Gasteiger partial charge is 0.493 e. The molecule has 2 N–H and O–H groups in total. The summed E-state index contributed by atoms with van der Waals surface area (Å²) in [5, 5.41) is 23.0. The summed E-state index contributed by atoms with van der Waals surface area (Å²) in [5.74, 6) is 0.584. The Morgan fingerprint density at radius 1 is 1.12 bits per heavy atom. The Labute approximate surface area is 248 Å². The molecule has 2 aromatic heterocycles. The lowest BCUT2D eigenvalue weighted by Gasteiger charge is -2.37. The van der Waals surface area contributed by atoms with Gasteiger partial charge in [0.05, 0.1) is 48.9 Å². The number of nitrogens with one attached hydrogen (secondary N) is 2. The van der Waals surface area contributed by atoms with Gasteiger partial charge < -0.3 is 29.3 Å². The van der Waals surface area contributed by atoms with Crippen LogP contribution in [0.15, 0.2) is 48.8 Å². The Bertz CT molecular complexity index is 1610. The minimum atomic E-state index is -0.472. The van der Waals surface area contributed by atoms with Crippen molar-refractivity contribution in [1.82, 2.24) is 25.3 Å². The van der Waals surface area contributed by atoms with Gasteiger partial charge in [-0.05, 0) is 50.1 Å². The number of nitriles is 1. The summed E-state index contributed by atoms with van der Waals surface area (Å²) in [4.78, 5) is 34.3. The SMILES string of the molecule is CCOC(=O)c1cnc2cc(OCCCc3c[nH]nn3)c(OC)cc2c1N1CCN(C(=O)Nc2ccc(C#N)cc2)CC1. The van der Waals surface area contributed by atoms with E-state index in [9.17, 15) is 9.59 Å². The molecule has 0 atom stereocenters. The van der Waals surface area contributed by atoms with Crippen LogP contribution in [0.4, 0.5) is 16.2 Å². The van der Waals surface area contributed by atoms with Crippen molar-refractivity contribution >= 4 is 34.3 Å². The molecule has 2 amide bonds. The van der Waals surface area contributed by atoms with Crippen molar-refractivity contribution in [2.45, 2.75) is 19.8 Å². The van der Waals surface area contributed by atoms with Gasteiger partial charge in [0.2, 0.25) is 0 Å². The molecule has 1 aliphatic rings. The highest BCUT2D eigenvalue weighted by atomic mass is 16.5. The predicted molar refractivity (Wildman–Crippen MR) is 158 cm³/mol. The number of methoxy groups -OCH3 is 1. The standard InChI is InChI=1S/C30H32N8O5/c1-3-42-29(39)24-19-32-25-16-27(43-14-4-5-22-18-33-36-35-22)26(41-2)15-23(25)28(24)37-10-12-38(13-11-37)30(40)34-21-8-6-20(17-31)7-9-21/h6-9,15-16,18-19H,3-5,10-14H2,1-2H3,(H,34,40)(H,33,35,36). The number of urea groups is 1. The van der Waals surface area contributed by atoms with Crippen molar-refractivity contribution in [3.8, 4) is 17.6 Å². The average molecular weight is 585 g/mol. The molecule has 222 valence electrons. The Balaban J connectivity index is 1.35. The maximum absolute atomic E-state index is 13.0. The first-order valence-corrected chi connectivity index (χ1v) is 14.0. The molecule has 0 radical (unpaired) electrons.